The summed E-state index contributed by atoms with van der Waals surface area (Å²) in [7, 11) is 1.74. The molecule has 96 valence electrons. The normalized spacial score (nSPS) is 28.7. The molecule has 18 heavy (non-hydrogen) atoms. The second-order valence-corrected chi connectivity index (χ2v) is 6.51. The van der Waals surface area contributed by atoms with Gasteiger partial charge in [-0.05, 0) is 53.9 Å². The standard InChI is InChI=1S/C17H22O/c1-11-10-17(2,3)15-8-5-12-9-13(18-4)6-7-14(12)16(11)15/h6-7,9,15-16H,1,5,8,10H2,2-4H3/t15-,16+/m0/s1. The van der Waals surface area contributed by atoms with Gasteiger partial charge in [-0.3, -0.25) is 0 Å². The van der Waals surface area contributed by atoms with Crippen LogP contribution in [0.15, 0.2) is 30.4 Å². The molecule has 2 aliphatic carbocycles. The third-order valence-corrected chi connectivity index (χ3v) is 4.94. The molecule has 0 N–H and O–H groups in total. The molecule has 0 heterocycles. The van der Waals surface area contributed by atoms with Crippen LogP contribution in [0.1, 0.15) is 43.7 Å². The molecule has 2 aliphatic rings. The highest BCUT2D eigenvalue weighted by Crippen LogP contribution is 2.58. The number of hydrogen-bond acceptors (Lipinski definition) is 1. The number of methoxy groups -OCH3 is 1. The van der Waals surface area contributed by atoms with Gasteiger partial charge in [-0.2, -0.15) is 0 Å². The Balaban J connectivity index is 2.06. The number of allylic oxidation sites excluding steroid dienone is 1. The monoisotopic (exact) mass is 242 g/mol. The molecule has 1 aromatic rings. The molecular formula is C17H22O. The Morgan fingerprint density at radius 2 is 2.11 bits per heavy atom. The van der Waals surface area contributed by atoms with E-state index < -0.39 is 0 Å². The fourth-order valence-electron chi connectivity index (χ4n) is 4.10. The first kappa shape index (κ1) is 11.8. The number of rotatable bonds is 1. The molecule has 0 amide bonds. The Labute approximate surface area is 110 Å². The van der Waals surface area contributed by atoms with Gasteiger partial charge in [0, 0.05) is 5.92 Å². The van der Waals surface area contributed by atoms with E-state index in [9.17, 15) is 0 Å². The van der Waals surface area contributed by atoms with E-state index >= 15 is 0 Å². The van der Waals surface area contributed by atoms with Crippen LogP contribution in [0.25, 0.3) is 0 Å². The van der Waals surface area contributed by atoms with Crippen LogP contribution in [0.4, 0.5) is 0 Å². The topological polar surface area (TPSA) is 9.23 Å². The van der Waals surface area contributed by atoms with Gasteiger partial charge in [0.15, 0.2) is 0 Å². The molecule has 3 rings (SSSR count). The number of hydrogen-bond donors (Lipinski definition) is 0. The molecule has 1 saturated carbocycles. The maximum absolute atomic E-state index is 5.34. The Hall–Kier alpha value is -1.24. The van der Waals surface area contributed by atoms with Crippen LogP contribution in [-0.2, 0) is 6.42 Å². The van der Waals surface area contributed by atoms with Crippen molar-refractivity contribution < 1.29 is 4.74 Å². The molecule has 1 fully saturated rings. The fourth-order valence-corrected chi connectivity index (χ4v) is 4.10. The summed E-state index contributed by atoms with van der Waals surface area (Å²) in [5.74, 6) is 2.33. The fraction of sp³-hybridized carbons (Fsp3) is 0.529. The van der Waals surface area contributed by atoms with Crippen LogP contribution >= 0.6 is 0 Å². The first-order chi connectivity index (χ1) is 8.53. The highest BCUT2D eigenvalue weighted by Gasteiger charge is 2.46. The van der Waals surface area contributed by atoms with Crippen molar-refractivity contribution in [1.29, 1.82) is 0 Å². The Kier molecular flexibility index (Phi) is 2.55. The van der Waals surface area contributed by atoms with E-state index in [-0.39, 0.29) is 0 Å². The van der Waals surface area contributed by atoms with Crippen molar-refractivity contribution in [2.24, 2.45) is 11.3 Å². The van der Waals surface area contributed by atoms with Crippen LogP contribution in [0.5, 0.6) is 5.75 Å². The minimum absolute atomic E-state index is 0.416. The summed E-state index contributed by atoms with van der Waals surface area (Å²) in [6, 6.07) is 6.57. The zero-order valence-corrected chi connectivity index (χ0v) is 11.6. The number of ether oxygens (including phenoxy) is 1. The summed E-state index contributed by atoms with van der Waals surface area (Å²) in [6.07, 6.45) is 3.65. The van der Waals surface area contributed by atoms with E-state index in [2.05, 4.69) is 38.6 Å². The molecule has 1 heteroatoms. The maximum Gasteiger partial charge on any atom is 0.119 e. The summed E-state index contributed by atoms with van der Waals surface area (Å²) < 4.78 is 5.34. The predicted molar refractivity (Wildman–Crippen MR) is 75.1 cm³/mol. The van der Waals surface area contributed by atoms with Crippen molar-refractivity contribution in [1.82, 2.24) is 0 Å². The molecule has 1 nitrogen and oxygen atoms in total. The zero-order chi connectivity index (χ0) is 12.9. The van der Waals surface area contributed by atoms with Gasteiger partial charge in [0.2, 0.25) is 0 Å². The van der Waals surface area contributed by atoms with Gasteiger partial charge in [-0.25, -0.2) is 0 Å². The van der Waals surface area contributed by atoms with Gasteiger partial charge in [0.25, 0.3) is 0 Å². The highest BCUT2D eigenvalue weighted by molar-refractivity contribution is 5.45. The van der Waals surface area contributed by atoms with Gasteiger partial charge in [0.05, 0.1) is 7.11 Å². The second-order valence-electron chi connectivity index (χ2n) is 6.51. The van der Waals surface area contributed by atoms with Crippen LogP contribution in [0, 0.1) is 11.3 Å². The minimum atomic E-state index is 0.416. The van der Waals surface area contributed by atoms with E-state index in [0.717, 1.165) is 11.7 Å². The molecule has 2 atom stereocenters. The minimum Gasteiger partial charge on any atom is -0.497 e. The van der Waals surface area contributed by atoms with Crippen molar-refractivity contribution in [3.05, 3.63) is 41.5 Å². The largest absolute Gasteiger partial charge is 0.497 e. The summed E-state index contributed by atoms with van der Waals surface area (Å²) in [6.45, 7) is 9.14. The van der Waals surface area contributed by atoms with E-state index in [4.69, 9.17) is 4.74 Å². The quantitative estimate of drug-likeness (QED) is 0.666. The van der Waals surface area contributed by atoms with Gasteiger partial charge < -0.3 is 4.74 Å². The third-order valence-electron chi connectivity index (χ3n) is 4.94. The van der Waals surface area contributed by atoms with Gasteiger partial charge in [-0.1, -0.05) is 32.1 Å². The van der Waals surface area contributed by atoms with Crippen molar-refractivity contribution in [3.63, 3.8) is 0 Å². The molecule has 0 radical (unpaired) electrons. The predicted octanol–water partition coefficient (Wildman–Crippen LogP) is 4.33. The van der Waals surface area contributed by atoms with E-state index in [0.29, 0.717) is 11.3 Å². The van der Waals surface area contributed by atoms with Crippen LogP contribution in [-0.4, -0.2) is 7.11 Å². The molecule has 0 aliphatic heterocycles. The highest BCUT2D eigenvalue weighted by atomic mass is 16.5. The number of benzene rings is 1. The lowest BCUT2D eigenvalue weighted by Gasteiger charge is -2.35. The summed E-state index contributed by atoms with van der Waals surface area (Å²) in [5, 5.41) is 0. The SMILES string of the molecule is C=C1CC(C)(C)[C@H]2CCc3cc(OC)ccc3[C@@H]12. The summed E-state index contributed by atoms with van der Waals surface area (Å²) in [5.41, 5.74) is 4.81. The molecular weight excluding hydrogens is 220 g/mol. The zero-order valence-electron chi connectivity index (χ0n) is 11.6. The Bertz CT molecular complexity index is 498. The number of fused-ring (bicyclic) bond motifs is 3. The number of aryl methyl sites for hydroxylation is 1. The van der Waals surface area contributed by atoms with Crippen LogP contribution in [0.2, 0.25) is 0 Å². The van der Waals surface area contributed by atoms with Crippen molar-refractivity contribution >= 4 is 0 Å². The van der Waals surface area contributed by atoms with E-state index in [1.165, 1.54) is 36.0 Å². The first-order valence-electron chi connectivity index (χ1n) is 6.87. The van der Waals surface area contributed by atoms with Gasteiger partial charge in [-0.15, -0.1) is 0 Å². The van der Waals surface area contributed by atoms with E-state index in [1.54, 1.807) is 7.11 Å². The van der Waals surface area contributed by atoms with Crippen molar-refractivity contribution in [2.75, 3.05) is 7.11 Å². The Morgan fingerprint density at radius 3 is 2.83 bits per heavy atom. The first-order valence-corrected chi connectivity index (χ1v) is 6.87. The van der Waals surface area contributed by atoms with Gasteiger partial charge >= 0.3 is 0 Å². The molecule has 0 aromatic heterocycles. The Morgan fingerprint density at radius 1 is 1.33 bits per heavy atom. The van der Waals surface area contributed by atoms with Crippen LogP contribution < -0.4 is 4.74 Å². The third kappa shape index (κ3) is 1.60. The average Bonchev–Trinajstić information content (AvgIpc) is 2.59. The molecule has 0 unspecified atom stereocenters. The smallest absolute Gasteiger partial charge is 0.119 e. The van der Waals surface area contributed by atoms with Crippen LogP contribution in [0.3, 0.4) is 0 Å². The molecule has 1 aromatic carbocycles. The maximum atomic E-state index is 5.34. The molecule has 0 bridgehead atoms. The summed E-state index contributed by atoms with van der Waals surface area (Å²) >= 11 is 0. The second kappa shape index (κ2) is 3.88. The average molecular weight is 242 g/mol. The molecule has 0 spiro atoms. The van der Waals surface area contributed by atoms with Crippen molar-refractivity contribution in [3.8, 4) is 5.75 Å². The van der Waals surface area contributed by atoms with Gasteiger partial charge in [0.1, 0.15) is 5.75 Å². The molecule has 0 saturated heterocycles. The lowest BCUT2D eigenvalue weighted by atomic mass is 9.69. The lowest BCUT2D eigenvalue weighted by Crippen LogP contribution is -2.26. The van der Waals surface area contributed by atoms with E-state index in [1.807, 2.05) is 0 Å². The van der Waals surface area contributed by atoms with Crippen molar-refractivity contribution in [2.45, 2.75) is 39.0 Å². The lowest BCUT2D eigenvalue weighted by molar-refractivity contribution is 0.223. The summed E-state index contributed by atoms with van der Waals surface area (Å²) in [4.78, 5) is 0.